The maximum absolute atomic E-state index is 12.3. The Balaban J connectivity index is 1.13. The van der Waals surface area contributed by atoms with Gasteiger partial charge in [-0.15, -0.1) is 0 Å². The molecule has 1 N–H and O–H groups in total. The monoisotopic (exact) mass is 417 g/mol. The number of para-hydroxylation sites is 1. The molecule has 1 spiro atoms. The second-order valence-electron chi connectivity index (χ2n) is 9.10. The first kappa shape index (κ1) is 20.3. The highest BCUT2D eigenvalue weighted by molar-refractivity contribution is 5.94. The van der Waals surface area contributed by atoms with Crippen LogP contribution in [0.3, 0.4) is 0 Å². The molecule has 0 unspecified atom stereocenters. The Kier molecular flexibility index (Phi) is 5.55. The van der Waals surface area contributed by atoms with Gasteiger partial charge in [-0.1, -0.05) is 36.4 Å². The zero-order valence-corrected chi connectivity index (χ0v) is 18.2. The molecule has 3 aromatic rings. The summed E-state index contributed by atoms with van der Waals surface area (Å²) in [4.78, 5) is 14.9. The van der Waals surface area contributed by atoms with Gasteiger partial charge in [0, 0.05) is 55.9 Å². The average Bonchev–Trinajstić information content (AvgIpc) is 3.35. The molecule has 0 bridgehead atoms. The van der Waals surface area contributed by atoms with Crippen LogP contribution in [0.25, 0.3) is 10.9 Å². The van der Waals surface area contributed by atoms with Gasteiger partial charge in [-0.3, -0.25) is 9.69 Å². The fourth-order valence-electron chi connectivity index (χ4n) is 5.22. The number of hydrogen-bond donors (Lipinski definition) is 1. The molecule has 2 aromatic carbocycles. The predicted molar refractivity (Wildman–Crippen MR) is 123 cm³/mol. The van der Waals surface area contributed by atoms with Crippen molar-refractivity contribution in [3.63, 3.8) is 0 Å². The molecule has 5 nitrogen and oxygen atoms in total. The molecule has 5 heteroatoms. The normalized spacial score (nSPS) is 21.0. The molecule has 0 aliphatic carbocycles. The van der Waals surface area contributed by atoms with Gasteiger partial charge in [0.1, 0.15) is 0 Å². The molecular weight excluding hydrogens is 386 g/mol. The van der Waals surface area contributed by atoms with Crippen molar-refractivity contribution in [3.8, 4) is 0 Å². The number of benzene rings is 2. The van der Waals surface area contributed by atoms with Crippen LogP contribution in [0.5, 0.6) is 0 Å². The lowest BCUT2D eigenvalue weighted by atomic mass is 9.88. The van der Waals surface area contributed by atoms with Crippen LogP contribution < -0.4 is 5.32 Å². The summed E-state index contributed by atoms with van der Waals surface area (Å²) in [7, 11) is 2.13. The van der Waals surface area contributed by atoms with E-state index in [0.717, 1.165) is 45.3 Å². The number of hydrogen-bond acceptors (Lipinski definition) is 3. The van der Waals surface area contributed by atoms with Gasteiger partial charge in [-0.05, 0) is 49.4 Å². The number of likely N-dealkylation sites (tertiary alicyclic amines) is 1. The lowest BCUT2D eigenvalue weighted by Crippen LogP contribution is -2.44. The first-order valence-electron chi connectivity index (χ1n) is 11.4. The van der Waals surface area contributed by atoms with Crippen LogP contribution in [0.2, 0.25) is 0 Å². The molecular formula is C26H31N3O2. The SMILES string of the molecule is Cn1cc(CN2CCC3(CC[C@H](CNC(=O)c4ccccc4)O3)CC2)c2ccccc21. The number of aryl methyl sites for hydroxylation is 1. The van der Waals surface area contributed by atoms with Crippen LogP contribution >= 0.6 is 0 Å². The van der Waals surface area contributed by atoms with Crippen molar-refractivity contribution in [2.24, 2.45) is 7.05 Å². The van der Waals surface area contributed by atoms with Crippen molar-refractivity contribution >= 4 is 16.8 Å². The zero-order chi connectivity index (χ0) is 21.3. The van der Waals surface area contributed by atoms with E-state index < -0.39 is 0 Å². The molecule has 1 aromatic heterocycles. The molecule has 2 aliphatic heterocycles. The Morgan fingerprint density at radius 1 is 1.06 bits per heavy atom. The molecule has 0 saturated carbocycles. The van der Waals surface area contributed by atoms with Crippen molar-refractivity contribution in [3.05, 3.63) is 71.9 Å². The number of aromatic nitrogens is 1. The number of amides is 1. The zero-order valence-electron chi connectivity index (χ0n) is 18.2. The molecule has 2 aliphatic rings. The number of carbonyl (C=O) groups is 1. The van der Waals surface area contributed by atoms with E-state index in [4.69, 9.17) is 4.74 Å². The van der Waals surface area contributed by atoms with Gasteiger partial charge in [0.15, 0.2) is 0 Å². The Bertz CT molecular complexity index is 1050. The van der Waals surface area contributed by atoms with Gasteiger partial charge < -0.3 is 14.6 Å². The van der Waals surface area contributed by atoms with Crippen LogP contribution in [0.4, 0.5) is 0 Å². The Hall–Kier alpha value is -2.63. The minimum Gasteiger partial charge on any atom is -0.370 e. The quantitative estimate of drug-likeness (QED) is 0.679. The van der Waals surface area contributed by atoms with Crippen molar-refractivity contribution in [2.75, 3.05) is 19.6 Å². The fourth-order valence-corrected chi connectivity index (χ4v) is 5.22. The van der Waals surface area contributed by atoms with E-state index in [1.54, 1.807) is 0 Å². The van der Waals surface area contributed by atoms with Gasteiger partial charge in [-0.25, -0.2) is 0 Å². The van der Waals surface area contributed by atoms with E-state index in [0.29, 0.717) is 12.1 Å². The summed E-state index contributed by atoms with van der Waals surface area (Å²) in [6.45, 7) is 3.71. The van der Waals surface area contributed by atoms with E-state index in [2.05, 4.69) is 52.3 Å². The van der Waals surface area contributed by atoms with E-state index in [9.17, 15) is 4.79 Å². The second-order valence-corrected chi connectivity index (χ2v) is 9.10. The minimum atomic E-state index is -0.0185. The molecule has 2 saturated heterocycles. The van der Waals surface area contributed by atoms with Crippen LogP contribution in [-0.4, -0.2) is 46.7 Å². The standard InChI is InChI=1S/C26H31N3O2/c1-28-18-21(23-9-5-6-10-24(23)28)19-29-15-13-26(14-16-29)12-11-22(31-26)17-27-25(30)20-7-3-2-4-8-20/h2-10,18,22H,11-17,19H2,1H3,(H,27,30)/t22-/m1/s1. The highest BCUT2D eigenvalue weighted by Crippen LogP contribution is 2.39. The van der Waals surface area contributed by atoms with Gasteiger partial charge in [0.2, 0.25) is 0 Å². The Morgan fingerprint density at radius 2 is 1.81 bits per heavy atom. The third-order valence-electron chi connectivity index (χ3n) is 7.01. The predicted octanol–water partition coefficient (Wildman–Crippen LogP) is 4.12. The summed E-state index contributed by atoms with van der Waals surface area (Å²) in [6, 6.07) is 18.0. The summed E-state index contributed by atoms with van der Waals surface area (Å²) in [5.74, 6) is -0.0185. The summed E-state index contributed by atoms with van der Waals surface area (Å²) in [5.41, 5.74) is 3.41. The van der Waals surface area contributed by atoms with E-state index in [1.807, 2.05) is 30.3 Å². The first-order chi connectivity index (χ1) is 15.1. The maximum atomic E-state index is 12.3. The Labute approximate surface area is 184 Å². The number of nitrogens with zero attached hydrogens (tertiary/aromatic N) is 2. The number of ether oxygens (including phenoxy) is 1. The molecule has 1 atom stereocenters. The lowest BCUT2D eigenvalue weighted by Gasteiger charge is -2.39. The van der Waals surface area contributed by atoms with Crippen LogP contribution in [0.15, 0.2) is 60.8 Å². The number of carbonyl (C=O) groups excluding carboxylic acids is 1. The van der Waals surface area contributed by atoms with Crippen molar-refractivity contribution in [1.82, 2.24) is 14.8 Å². The van der Waals surface area contributed by atoms with E-state index in [1.165, 1.54) is 16.5 Å². The fraction of sp³-hybridized carbons (Fsp3) is 0.423. The van der Waals surface area contributed by atoms with E-state index in [-0.39, 0.29) is 17.6 Å². The van der Waals surface area contributed by atoms with Gasteiger partial charge in [0.05, 0.1) is 11.7 Å². The number of fused-ring (bicyclic) bond motifs is 1. The Morgan fingerprint density at radius 3 is 2.61 bits per heavy atom. The highest BCUT2D eigenvalue weighted by atomic mass is 16.5. The third-order valence-corrected chi connectivity index (χ3v) is 7.01. The van der Waals surface area contributed by atoms with Crippen molar-refractivity contribution in [1.29, 1.82) is 0 Å². The number of nitrogens with one attached hydrogen (secondary N) is 1. The molecule has 1 amide bonds. The molecule has 31 heavy (non-hydrogen) atoms. The largest absolute Gasteiger partial charge is 0.370 e. The minimum absolute atomic E-state index is 0.00258. The first-order valence-corrected chi connectivity index (χ1v) is 11.4. The summed E-state index contributed by atoms with van der Waals surface area (Å²) < 4.78 is 8.73. The average molecular weight is 418 g/mol. The molecule has 2 fully saturated rings. The lowest BCUT2D eigenvalue weighted by molar-refractivity contribution is -0.0764. The smallest absolute Gasteiger partial charge is 0.251 e. The van der Waals surface area contributed by atoms with Gasteiger partial charge in [-0.2, -0.15) is 0 Å². The van der Waals surface area contributed by atoms with Crippen molar-refractivity contribution in [2.45, 2.75) is 43.9 Å². The summed E-state index contributed by atoms with van der Waals surface area (Å²) in [5, 5.41) is 4.40. The van der Waals surface area contributed by atoms with Crippen LogP contribution in [-0.2, 0) is 18.3 Å². The molecule has 162 valence electrons. The van der Waals surface area contributed by atoms with Crippen LogP contribution in [0, 0.1) is 0 Å². The van der Waals surface area contributed by atoms with Gasteiger partial charge in [0.25, 0.3) is 5.91 Å². The summed E-state index contributed by atoms with van der Waals surface area (Å²) in [6.07, 6.45) is 6.66. The third kappa shape index (κ3) is 4.25. The molecule has 0 radical (unpaired) electrons. The van der Waals surface area contributed by atoms with Crippen LogP contribution in [0.1, 0.15) is 41.6 Å². The number of rotatable bonds is 5. The topological polar surface area (TPSA) is 46.5 Å². The summed E-state index contributed by atoms with van der Waals surface area (Å²) >= 11 is 0. The van der Waals surface area contributed by atoms with Gasteiger partial charge >= 0.3 is 0 Å². The molecule has 5 rings (SSSR count). The molecule has 3 heterocycles. The number of piperidine rings is 1. The van der Waals surface area contributed by atoms with Crippen molar-refractivity contribution < 1.29 is 9.53 Å². The maximum Gasteiger partial charge on any atom is 0.251 e. The second kappa shape index (κ2) is 8.48. The van der Waals surface area contributed by atoms with E-state index >= 15 is 0 Å². The highest BCUT2D eigenvalue weighted by Gasteiger charge is 2.42.